The first kappa shape index (κ1) is 16.4. The topological polar surface area (TPSA) is 47.3 Å². The molecular weight excluding hydrogens is 267 g/mol. The first-order chi connectivity index (χ1) is 8.99. The Hall–Kier alpha value is -0.680. The van der Waals surface area contributed by atoms with Crippen molar-refractivity contribution in [3.8, 4) is 0 Å². The Balaban J connectivity index is 2.82. The van der Waals surface area contributed by atoms with E-state index in [9.17, 15) is 4.39 Å². The molecule has 0 spiro atoms. The quantitative estimate of drug-likeness (QED) is 0.599. The summed E-state index contributed by atoms with van der Waals surface area (Å²) >= 11 is 5.79. The number of halogens is 2. The van der Waals surface area contributed by atoms with Crippen molar-refractivity contribution >= 4 is 11.6 Å². The summed E-state index contributed by atoms with van der Waals surface area (Å²) in [7, 11) is 0. The summed E-state index contributed by atoms with van der Waals surface area (Å²) in [6.07, 6.45) is 0.637. The van der Waals surface area contributed by atoms with E-state index in [-0.39, 0.29) is 17.2 Å². The molecule has 0 radical (unpaired) electrons. The SMILES string of the molecule is CCOC(C(C)C)C(Cc1ccc(F)c(Cl)c1)NN. The third-order valence-corrected chi connectivity index (χ3v) is 3.36. The van der Waals surface area contributed by atoms with Gasteiger partial charge in [0.25, 0.3) is 0 Å². The highest BCUT2D eigenvalue weighted by atomic mass is 35.5. The molecule has 0 saturated heterocycles. The molecule has 0 amide bonds. The Kier molecular flexibility index (Phi) is 6.72. The second-order valence-electron chi connectivity index (χ2n) is 4.89. The highest BCUT2D eigenvalue weighted by molar-refractivity contribution is 6.30. The van der Waals surface area contributed by atoms with Gasteiger partial charge in [-0.2, -0.15) is 0 Å². The van der Waals surface area contributed by atoms with Crippen LogP contribution in [-0.2, 0) is 11.2 Å². The predicted octanol–water partition coefficient (Wildman–Crippen LogP) is 2.91. The summed E-state index contributed by atoms with van der Waals surface area (Å²) in [5, 5.41) is 0.130. The summed E-state index contributed by atoms with van der Waals surface area (Å²) in [4.78, 5) is 0. The molecule has 0 saturated carbocycles. The Labute approximate surface area is 119 Å². The fraction of sp³-hybridized carbons (Fsp3) is 0.571. The van der Waals surface area contributed by atoms with Crippen molar-refractivity contribution in [2.24, 2.45) is 11.8 Å². The standard InChI is InChI=1S/C14H22ClFN2O/c1-4-19-14(9(2)3)13(18-17)8-10-5-6-12(16)11(15)7-10/h5-7,9,13-14,18H,4,8,17H2,1-3H3. The van der Waals surface area contributed by atoms with E-state index in [1.165, 1.54) is 6.07 Å². The van der Waals surface area contributed by atoms with Gasteiger partial charge >= 0.3 is 0 Å². The fourth-order valence-corrected chi connectivity index (χ4v) is 2.36. The molecule has 1 aromatic carbocycles. The highest BCUT2D eigenvalue weighted by Crippen LogP contribution is 2.20. The van der Waals surface area contributed by atoms with Gasteiger partial charge in [-0.05, 0) is 37.0 Å². The number of hydrazine groups is 1. The summed E-state index contributed by atoms with van der Waals surface area (Å²) in [6.45, 7) is 6.76. The molecule has 1 rings (SSSR count). The molecule has 1 aromatic rings. The third-order valence-electron chi connectivity index (χ3n) is 3.07. The zero-order valence-corrected chi connectivity index (χ0v) is 12.4. The van der Waals surface area contributed by atoms with Crippen LogP contribution in [0.3, 0.4) is 0 Å². The van der Waals surface area contributed by atoms with Crippen LogP contribution in [0.5, 0.6) is 0 Å². The largest absolute Gasteiger partial charge is 0.377 e. The molecule has 0 aliphatic carbocycles. The lowest BCUT2D eigenvalue weighted by atomic mass is 9.94. The summed E-state index contributed by atoms with van der Waals surface area (Å²) < 4.78 is 18.9. The van der Waals surface area contributed by atoms with E-state index in [4.69, 9.17) is 22.2 Å². The molecule has 3 N–H and O–H groups in total. The molecule has 0 bridgehead atoms. The van der Waals surface area contributed by atoms with Crippen LogP contribution in [0.2, 0.25) is 5.02 Å². The molecule has 0 aliphatic heterocycles. The summed E-state index contributed by atoms with van der Waals surface area (Å²) in [6, 6.07) is 4.68. The fourth-order valence-electron chi connectivity index (χ4n) is 2.16. The van der Waals surface area contributed by atoms with Crippen molar-refractivity contribution in [3.05, 3.63) is 34.6 Å². The number of rotatable bonds is 7. The second kappa shape index (κ2) is 7.80. The van der Waals surface area contributed by atoms with Crippen molar-refractivity contribution in [1.82, 2.24) is 5.43 Å². The number of nitrogens with two attached hydrogens (primary N) is 1. The maximum atomic E-state index is 13.1. The Morgan fingerprint density at radius 2 is 2.11 bits per heavy atom. The van der Waals surface area contributed by atoms with Gasteiger partial charge < -0.3 is 4.74 Å². The zero-order valence-electron chi connectivity index (χ0n) is 11.6. The van der Waals surface area contributed by atoms with Gasteiger partial charge in [-0.1, -0.05) is 31.5 Å². The molecule has 0 heterocycles. The minimum absolute atomic E-state index is 0.00108. The van der Waals surface area contributed by atoms with E-state index in [2.05, 4.69) is 19.3 Å². The minimum Gasteiger partial charge on any atom is -0.377 e. The molecular formula is C14H22ClFN2O. The van der Waals surface area contributed by atoms with E-state index in [0.29, 0.717) is 18.9 Å². The van der Waals surface area contributed by atoms with Crippen LogP contribution < -0.4 is 11.3 Å². The number of hydrogen-bond donors (Lipinski definition) is 2. The smallest absolute Gasteiger partial charge is 0.141 e. The van der Waals surface area contributed by atoms with Crippen LogP contribution in [0.25, 0.3) is 0 Å². The van der Waals surface area contributed by atoms with Gasteiger partial charge in [-0.25, -0.2) is 4.39 Å². The van der Waals surface area contributed by atoms with Gasteiger partial charge in [-0.15, -0.1) is 0 Å². The molecule has 0 aromatic heterocycles. The lowest BCUT2D eigenvalue weighted by molar-refractivity contribution is 0.00355. The van der Waals surface area contributed by atoms with Crippen molar-refractivity contribution in [3.63, 3.8) is 0 Å². The lowest BCUT2D eigenvalue weighted by Gasteiger charge is -2.29. The predicted molar refractivity (Wildman–Crippen MR) is 76.5 cm³/mol. The second-order valence-corrected chi connectivity index (χ2v) is 5.30. The number of benzene rings is 1. The number of ether oxygens (including phenoxy) is 1. The highest BCUT2D eigenvalue weighted by Gasteiger charge is 2.24. The zero-order chi connectivity index (χ0) is 14.4. The van der Waals surface area contributed by atoms with Gasteiger partial charge in [0.05, 0.1) is 17.2 Å². The van der Waals surface area contributed by atoms with E-state index in [1.807, 2.05) is 6.92 Å². The average Bonchev–Trinajstić information content (AvgIpc) is 2.37. The molecule has 108 valence electrons. The first-order valence-corrected chi connectivity index (χ1v) is 6.89. The van der Waals surface area contributed by atoms with Gasteiger partial charge in [0, 0.05) is 6.61 Å². The van der Waals surface area contributed by atoms with Crippen LogP contribution >= 0.6 is 11.6 Å². The van der Waals surface area contributed by atoms with Crippen molar-refractivity contribution in [2.45, 2.75) is 39.3 Å². The van der Waals surface area contributed by atoms with E-state index >= 15 is 0 Å². The van der Waals surface area contributed by atoms with Crippen LogP contribution in [0.15, 0.2) is 18.2 Å². The van der Waals surface area contributed by atoms with Gasteiger partial charge in [0.15, 0.2) is 0 Å². The van der Waals surface area contributed by atoms with Gasteiger partial charge in [0.2, 0.25) is 0 Å². The molecule has 2 atom stereocenters. The van der Waals surface area contributed by atoms with Crippen molar-refractivity contribution in [2.75, 3.05) is 6.61 Å². The Morgan fingerprint density at radius 3 is 2.58 bits per heavy atom. The minimum atomic E-state index is -0.409. The molecule has 2 unspecified atom stereocenters. The number of hydrogen-bond acceptors (Lipinski definition) is 3. The van der Waals surface area contributed by atoms with Gasteiger partial charge in [0.1, 0.15) is 5.82 Å². The monoisotopic (exact) mass is 288 g/mol. The van der Waals surface area contributed by atoms with Crippen LogP contribution in [0.4, 0.5) is 4.39 Å². The van der Waals surface area contributed by atoms with E-state index < -0.39 is 5.82 Å². The van der Waals surface area contributed by atoms with E-state index in [1.54, 1.807) is 12.1 Å². The average molecular weight is 289 g/mol. The van der Waals surface area contributed by atoms with Crippen molar-refractivity contribution < 1.29 is 9.13 Å². The first-order valence-electron chi connectivity index (χ1n) is 6.51. The van der Waals surface area contributed by atoms with Crippen LogP contribution in [-0.4, -0.2) is 18.8 Å². The Bertz CT molecular complexity index is 401. The Morgan fingerprint density at radius 1 is 1.42 bits per heavy atom. The maximum Gasteiger partial charge on any atom is 0.141 e. The summed E-state index contributed by atoms with van der Waals surface area (Å²) in [5.41, 5.74) is 3.72. The molecule has 0 aliphatic rings. The van der Waals surface area contributed by atoms with Crippen LogP contribution in [0, 0.1) is 11.7 Å². The maximum absolute atomic E-state index is 13.1. The normalized spacial score (nSPS) is 14.7. The number of nitrogens with one attached hydrogen (secondary N) is 1. The van der Waals surface area contributed by atoms with Crippen LogP contribution in [0.1, 0.15) is 26.3 Å². The van der Waals surface area contributed by atoms with Crippen molar-refractivity contribution in [1.29, 1.82) is 0 Å². The summed E-state index contributed by atoms with van der Waals surface area (Å²) in [5.74, 6) is 5.54. The van der Waals surface area contributed by atoms with E-state index in [0.717, 1.165) is 5.56 Å². The molecule has 0 fully saturated rings. The molecule has 19 heavy (non-hydrogen) atoms. The molecule has 3 nitrogen and oxygen atoms in total. The molecule has 5 heteroatoms. The third kappa shape index (κ3) is 4.73. The lowest BCUT2D eigenvalue weighted by Crippen LogP contribution is -2.48. The van der Waals surface area contributed by atoms with Gasteiger partial charge in [-0.3, -0.25) is 11.3 Å².